The van der Waals surface area contributed by atoms with E-state index in [1.54, 1.807) is 0 Å². The first-order valence-corrected chi connectivity index (χ1v) is 4.91. The molecule has 2 heteroatoms. The van der Waals surface area contributed by atoms with Gasteiger partial charge in [-0.2, -0.15) is 0 Å². The van der Waals surface area contributed by atoms with E-state index in [0.717, 1.165) is 6.42 Å². The molecule has 2 nitrogen and oxygen atoms in total. The zero-order valence-electron chi connectivity index (χ0n) is 9.44. The quantitative estimate of drug-likeness (QED) is 0.630. The Balaban J connectivity index is 4.30. The average Bonchev–Trinajstić information content (AvgIpc) is 2.05. The maximum absolute atomic E-state index is 7.20. The highest BCUT2D eigenvalue weighted by molar-refractivity contribution is 5.65. The molecule has 76 valence electrons. The number of hydrogen-bond acceptors (Lipinski definition) is 2. The Kier molecular flexibility index (Phi) is 4.74. The minimum Gasteiger partial charge on any atom is -0.381 e. The lowest BCUT2D eigenvalue weighted by Crippen LogP contribution is -2.37. The molecule has 0 aromatic rings. The minimum absolute atomic E-state index is 0.227. The van der Waals surface area contributed by atoms with Crippen LogP contribution in [-0.2, 0) is 0 Å². The topological polar surface area (TPSA) is 35.9 Å². The molecular formula is C11H22N2. The van der Waals surface area contributed by atoms with Crippen molar-refractivity contribution in [2.24, 2.45) is 5.92 Å². The Hall–Kier alpha value is -0.790. The van der Waals surface area contributed by atoms with Gasteiger partial charge in [0.05, 0.1) is 5.54 Å². The summed E-state index contributed by atoms with van der Waals surface area (Å²) >= 11 is 0. The van der Waals surface area contributed by atoms with Gasteiger partial charge in [0.15, 0.2) is 0 Å². The molecule has 2 N–H and O–H groups in total. The molecule has 0 aromatic carbocycles. The fraction of sp³-hybridized carbons (Fsp3) is 0.727. The molecule has 0 rings (SSSR count). The van der Waals surface area contributed by atoms with Crippen LogP contribution in [0.1, 0.15) is 41.0 Å². The van der Waals surface area contributed by atoms with Crippen molar-refractivity contribution >= 4 is 6.21 Å². The second-order valence-corrected chi connectivity index (χ2v) is 4.24. The summed E-state index contributed by atoms with van der Waals surface area (Å²) in [5.41, 5.74) is 1.17. The minimum atomic E-state index is -0.227. The Labute approximate surface area is 81.9 Å². The van der Waals surface area contributed by atoms with Crippen molar-refractivity contribution in [1.29, 1.82) is 5.41 Å². The summed E-state index contributed by atoms with van der Waals surface area (Å²) in [4.78, 5) is 0. The molecule has 0 atom stereocenters. The predicted octanol–water partition coefficient (Wildman–Crippen LogP) is 2.95. The molecule has 0 heterocycles. The fourth-order valence-electron chi connectivity index (χ4n) is 0.997. The summed E-state index contributed by atoms with van der Waals surface area (Å²) < 4.78 is 0. The molecule has 0 aliphatic rings. The lowest BCUT2D eigenvalue weighted by atomic mass is 10.0. The highest BCUT2D eigenvalue weighted by Crippen LogP contribution is 2.12. The van der Waals surface area contributed by atoms with E-state index in [0.29, 0.717) is 5.92 Å². The van der Waals surface area contributed by atoms with E-state index in [2.05, 4.69) is 32.3 Å². The van der Waals surface area contributed by atoms with Gasteiger partial charge in [-0.25, -0.2) is 0 Å². The molecular weight excluding hydrogens is 160 g/mol. The summed E-state index contributed by atoms with van der Waals surface area (Å²) in [6, 6.07) is 0. The van der Waals surface area contributed by atoms with E-state index in [9.17, 15) is 0 Å². The molecule has 0 aliphatic carbocycles. The lowest BCUT2D eigenvalue weighted by molar-refractivity contribution is 0.587. The largest absolute Gasteiger partial charge is 0.381 e. The van der Waals surface area contributed by atoms with Gasteiger partial charge < -0.3 is 10.7 Å². The number of rotatable bonds is 5. The van der Waals surface area contributed by atoms with Crippen LogP contribution >= 0.6 is 0 Å². The molecule has 0 unspecified atom stereocenters. The molecule has 0 fully saturated rings. The van der Waals surface area contributed by atoms with Gasteiger partial charge in [-0.15, -0.1) is 0 Å². The molecule has 0 radical (unpaired) electrons. The Bertz CT molecular complexity index is 190. The van der Waals surface area contributed by atoms with E-state index in [1.165, 1.54) is 11.8 Å². The van der Waals surface area contributed by atoms with Crippen LogP contribution in [-0.4, -0.2) is 11.8 Å². The first kappa shape index (κ1) is 12.2. The maximum Gasteiger partial charge on any atom is 0.0658 e. The maximum atomic E-state index is 7.20. The second kappa shape index (κ2) is 5.05. The summed E-state index contributed by atoms with van der Waals surface area (Å²) in [5.74, 6) is 0.582. The monoisotopic (exact) mass is 182 g/mol. The number of nitrogens with one attached hydrogen (secondary N) is 2. The predicted molar refractivity (Wildman–Crippen MR) is 59.2 cm³/mol. The van der Waals surface area contributed by atoms with Crippen LogP contribution in [0.3, 0.4) is 0 Å². The van der Waals surface area contributed by atoms with Gasteiger partial charge in [-0.3, -0.25) is 0 Å². The average molecular weight is 182 g/mol. The molecule has 0 saturated carbocycles. The third-order valence-electron chi connectivity index (χ3n) is 2.14. The molecule has 0 spiro atoms. The smallest absolute Gasteiger partial charge is 0.0658 e. The van der Waals surface area contributed by atoms with Gasteiger partial charge in [0.1, 0.15) is 0 Å². The van der Waals surface area contributed by atoms with E-state index in [4.69, 9.17) is 5.41 Å². The van der Waals surface area contributed by atoms with Crippen LogP contribution in [0.2, 0.25) is 0 Å². The summed E-state index contributed by atoms with van der Waals surface area (Å²) in [7, 11) is 0. The van der Waals surface area contributed by atoms with Gasteiger partial charge in [0.2, 0.25) is 0 Å². The van der Waals surface area contributed by atoms with Crippen LogP contribution in [0.4, 0.5) is 0 Å². The normalized spacial score (nSPS) is 13.2. The fourth-order valence-corrected chi connectivity index (χ4v) is 0.997. The van der Waals surface area contributed by atoms with Crippen LogP contribution in [0, 0.1) is 11.3 Å². The summed E-state index contributed by atoms with van der Waals surface area (Å²) in [5, 5.41) is 10.4. The Morgan fingerprint density at radius 2 is 2.00 bits per heavy atom. The second-order valence-electron chi connectivity index (χ2n) is 4.24. The van der Waals surface area contributed by atoms with Crippen LogP contribution in [0.25, 0.3) is 0 Å². The Morgan fingerprint density at radius 1 is 1.46 bits per heavy atom. The standard InChI is InChI=1S/C11H22N2/c1-6-10(9(2)3)7-13-11(4,5)8-12/h7-9,12-13H,6H2,1-5H3/b10-7+,12-8?. The number of hydrogen-bond donors (Lipinski definition) is 2. The molecule has 0 amide bonds. The third-order valence-corrected chi connectivity index (χ3v) is 2.14. The SMILES string of the molecule is CC/C(=C\NC(C)(C)C=N)C(C)C. The molecule has 0 saturated heterocycles. The van der Waals surface area contributed by atoms with Crippen molar-refractivity contribution in [1.82, 2.24) is 5.32 Å². The van der Waals surface area contributed by atoms with Crippen LogP contribution in [0.15, 0.2) is 11.8 Å². The zero-order chi connectivity index (χ0) is 10.5. The zero-order valence-corrected chi connectivity index (χ0v) is 9.44. The van der Waals surface area contributed by atoms with Crippen molar-refractivity contribution in [3.8, 4) is 0 Å². The summed E-state index contributed by atoms with van der Waals surface area (Å²) in [6.07, 6.45) is 4.55. The molecule has 0 aliphatic heterocycles. The molecule has 0 aromatic heterocycles. The molecule has 13 heavy (non-hydrogen) atoms. The van der Waals surface area contributed by atoms with Crippen molar-refractivity contribution in [2.45, 2.75) is 46.6 Å². The van der Waals surface area contributed by atoms with Gasteiger partial charge in [0, 0.05) is 6.21 Å². The third kappa shape index (κ3) is 4.71. The first-order chi connectivity index (χ1) is 5.93. The summed E-state index contributed by atoms with van der Waals surface area (Å²) in [6.45, 7) is 10.5. The van der Waals surface area contributed by atoms with E-state index in [-0.39, 0.29) is 5.54 Å². The Morgan fingerprint density at radius 3 is 2.31 bits per heavy atom. The van der Waals surface area contributed by atoms with Gasteiger partial charge >= 0.3 is 0 Å². The van der Waals surface area contributed by atoms with Crippen molar-refractivity contribution in [3.05, 3.63) is 11.8 Å². The number of allylic oxidation sites excluding steroid dienone is 1. The lowest BCUT2D eigenvalue weighted by Gasteiger charge is -2.21. The van der Waals surface area contributed by atoms with Crippen molar-refractivity contribution < 1.29 is 0 Å². The molecule has 0 bridgehead atoms. The van der Waals surface area contributed by atoms with E-state index >= 15 is 0 Å². The van der Waals surface area contributed by atoms with Crippen LogP contribution < -0.4 is 5.32 Å². The highest BCUT2D eigenvalue weighted by Gasteiger charge is 2.11. The van der Waals surface area contributed by atoms with Gasteiger partial charge in [0.25, 0.3) is 0 Å². The van der Waals surface area contributed by atoms with Crippen molar-refractivity contribution in [3.63, 3.8) is 0 Å². The van der Waals surface area contributed by atoms with E-state index in [1.807, 2.05) is 13.8 Å². The van der Waals surface area contributed by atoms with Crippen molar-refractivity contribution in [2.75, 3.05) is 0 Å². The highest BCUT2D eigenvalue weighted by atomic mass is 14.9. The van der Waals surface area contributed by atoms with Gasteiger partial charge in [-0.05, 0) is 32.4 Å². The van der Waals surface area contributed by atoms with E-state index < -0.39 is 0 Å². The first-order valence-electron chi connectivity index (χ1n) is 4.91. The van der Waals surface area contributed by atoms with Crippen LogP contribution in [0.5, 0.6) is 0 Å². The van der Waals surface area contributed by atoms with Gasteiger partial charge in [-0.1, -0.05) is 26.3 Å².